The third kappa shape index (κ3) is 3.93. The first-order valence-corrected chi connectivity index (χ1v) is 9.48. The van der Waals surface area contributed by atoms with Crippen LogP contribution in [0.25, 0.3) is 22.4 Å². The highest BCUT2D eigenvalue weighted by atomic mass is 35.5. The quantitative estimate of drug-likeness (QED) is 0.398. The summed E-state index contributed by atoms with van der Waals surface area (Å²) < 4.78 is 0. The number of aliphatic hydroxyl groups is 1. The molecular weight excluding hydrogens is 459 g/mol. The van der Waals surface area contributed by atoms with Gasteiger partial charge in [0.05, 0.1) is 32.4 Å². The van der Waals surface area contributed by atoms with Gasteiger partial charge in [-0.1, -0.05) is 69.6 Å². The first-order valence-electron chi connectivity index (χ1n) is 7.21. The first-order chi connectivity index (χ1) is 12.3. The van der Waals surface area contributed by atoms with E-state index in [2.05, 4.69) is 4.98 Å². The number of benzene rings is 2. The molecule has 8 heteroatoms. The minimum absolute atomic E-state index is 0.198. The van der Waals surface area contributed by atoms with Gasteiger partial charge in [-0.05, 0) is 35.9 Å². The van der Waals surface area contributed by atoms with E-state index in [0.717, 1.165) is 0 Å². The van der Waals surface area contributed by atoms with Crippen molar-refractivity contribution in [2.45, 2.75) is 6.61 Å². The maximum Gasteiger partial charge on any atom is 0.0797 e. The average molecular weight is 468 g/mol. The lowest BCUT2D eigenvalue weighted by molar-refractivity contribution is 0.281. The standard InChI is InChI=1S/C18H9Cl6NO/c19-9-2-11(16(23)14(21)4-9)12-1-8(7-26)6-25-18(12)13-3-10(20)5-15(22)17(13)24/h1-6,26H,7H2. The summed E-state index contributed by atoms with van der Waals surface area (Å²) in [5.74, 6) is 0. The van der Waals surface area contributed by atoms with Crippen LogP contribution in [0.3, 0.4) is 0 Å². The van der Waals surface area contributed by atoms with Gasteiger partial charge in [-0.25, -0.2) is 0 Å². The Hall–Kier alpha value is -0.710. The van der Waals surface area contributed by atoms with E-state index in [9.17, 15) is 5.11 Å². The van der Waals surface area contributed by atoms with Crippen LogP contribution in [0, 0.1) is 0 Å². The van der Waals surface area contributed by atoms with Crippen LogP contribution >= 0.6 is 69.6 Å². The number of pyridine rings is 1. The number of hydrogen-bond donors (Lipinski definition) is 1. The van der Waals surface area contributed by atoms with E-state index < -0.39 is 0 Å². The highest BCUT2D eigenvalue weighted by molar-refractivity contribution is 6.46. The van der Waals surface area contributed by atoms with Gasteiger partial charge in [0.25, 0.3) is 0 Å². The highest BCUT2D eigenvalue weighted by Crippen LogP contribution is 2.43. The number of halogens is 6. The molecule has 2 aromatic carbocycles. The minimum Gasteiger partial charge on any atom is -0.392 e. The van der Waals surface area contributed by atoms with Crippen LogP contribution in [0.15, 0.2) is 36.5 Å². The third-order valence-corrected chi connectivity index (χ3v) is 5.70. The van der Waals surface area contributed by atoms with Crippen molar-refractivity contribution in [1.29, 1.82) is 0 Å². The summed E-state index contributed by atoms with van der Waals surface area (Å²) in [6.07, 6.45) is 1.53. The molecule has 0 saturated heterocycles. The molecule has 26 heavy (non-hydrogen) atoms. The molecule has 0 radical (unpaired) electrons. The molecule has 134 valence electrons. The monoisotopic (exact) mass is 465 g/mol. The highest BCUT2D eigenvalue weighted by Gasteiger charge is 2.19. The van der Waals surface area contributed by atoms with Gasteiger partial charge in [0, 0.05) is 32.9 Å². The van der Waals surface area contributed by atoms with E-state index in [1.54, 1.807) is 30.3 Å². The fourth-order valence-electron chi connectivity index (χ4n) is 2.49. The summed E-state index contributed by atoms with van der Waals surface area (Å²) in [7, 11) is 0. The van der Waals surface area contributed by atoms with Gasteiger partial charge < -0.3 is 5.11 Å². The Morgan fingerprint density at radius 2 is 1.23 bits per heavy atom. The van der Waals surface area contributed by atoms with Crippen molar-refractivity contribution >= 4 is 69.6 Å². The molecule has 0 fully saturated rings. The molecule has 2 nitrogen and oxygen atoms in total. The van der Waals surface area contributed by atoms with Crippen LogP contribution in [0.5, 0.6) is 0 Å². The predicted octanol–water partition coefficient (Wildman–Crippen LogP) is 7.83. The molecule has 0 unspecified atom stereocenters. The molecule has 0 amide bonds. The van der Waals surface area contributed by atoms with Gasteiger partial charge in [-0.2, -0.15) is 0 Å². The SMILES string of the molecule is OCc1cnc(-c2cc(Cl)cc(Cl)c2Cl)c(-c2cc(Cl)cc(Cl)c2Cl)c1. The first kappa shape index (κ1) is 20.0. The maximum atomic E-state index is 9.50. The second-order valence-electron chi connectivity index (χ2n) is 5.40. The second kappa shape index (κ2) is 8.12. The third-order valence-electron chi connectivity index (χ3n) is 3.66. The molecule has 1 aromatic heterocycles. The van der Waals surface area contributed by atoms with Gasteiger partial charge in [0.1, 0.15) is 0 Å². The molecule has 0 aliphatic rings. The summed E-state index contributed by atoms with van der Waals surface area (Å²) in [6.45, 7) is -0.198. The van der Waals surface area contributed by atoms with Crippen molar-refractivity contribution in [3.63, 3.8) is 0 Å². The van der Waals surface area contributed by atoms with E-state index in [1.807, 2.05) is 0 Å². The molecule has 1 heterocycles. The summed E-state index contributed by atoms with van der Waals surface area (Å²) in [5, 5.41) is 11.5. The number of aromatic nitrogens is 1. The Morgan fingerprint density at radius 1 is 0.692 bits per heavy atom. The van der Waals surface area contributed by atoms with Gasteiger partial charge in [0.2, 0.25) is 0 Å². The number of hydrogen-bond acceptors (Lipinski definition) is 2. The van der Waals surface area contributed by atoms with Crippen LogP contribution in [-0.4, -0.2) is 10.1 Å². The summed E-state index contributed by atoms with van der Waals surface area (Å²) in [5.41, 5.74) is 2.73. The van der Waals surface area contributed by atoms with Crippen molar-refractivity contribution in [2.75, 3.05) is 0 Å². The average Bonchev–Trinajstić information content (AvgIpc) is 2.60. The van der Waals surface area contributed by atoms with E-state index in [1.165, 1.54) is 6.20 Å². The molecule has 0 spiro atoms. The maximum absolute atomic E-state index is 9.50. The normalized spacial score (nSPS) is 11.0. The fourth-order valence-corrected chi connectivity index (χ4v) is 3.89. The predicted molar refractivity (Wildman–Crippen MR) is 111 cm³/mol. The molecule has 3 rings (SSSR count). The summed E-state index contributed by atoms with van der Waals surface area (Å²) in [4.78, 5) is 4.43. The molecule has 3 aromatic rings. The van der Waals surface area contributed by atoms with E-state index in [-0.39, 0.29) is 6.61 Å². The largest absolute Gasteiger partial charge is 0.392 e. The van der Waals surface area contributed by atoms with Crippen molar-refractivity contribution in [1.82, 2.24) is 4.98 Å². The molecule has 0 aliphatic heterocycles. The Kier molecular flexibility index (Phi) is 6.25. The van der Waals surface area contributed by atoms with Gasteiger partial charge in [0.15, 0.2) is 0 Å². The Balaban J connectivity index is 2.37. The van der Waals surface area contributed by atoms with Gasteiger partial charge in [-0.15, -0.1) is 0 Å². The van der Waals surface area contributed by atoms with Crippen LogP contribution < -0.4 is 0 Å². The summed E-state index contributed by atoms with van der Waals surface area (Å²) in [6, 6.07) is 8.14. The lowest BCUT2D eigenvalue weighted by atomic mass is 9.97. The van der Waals surface area contributed by atoms with Crippen molar-refractivity contribution in [3.8, 4) is 22.4 Å². The van der Waals surface area contributed by atoms with Crippen molar-refractivity contribution in [2.24, 2.45) is 0 Å². The summed E-state index contributed by atoms with van der Waals surface area (Å²) >= 11 is 37.4. The zero-order chi connectivity index (χ0) is 19.0. The molecule has 1 N–H and O–H groups in total. The number of nitrogens with zero attached hydrogens (tertiary/aromatic N) is 1. The van der Waals surface area contributed by atoms with E-state index in [0.29, 0.717) is 58.1 Å². The lowest BCUT2D eigenvalue weighted by Gasteiger charge is -2.15. The van der Waals surface area contributed by atoms with Crippen molar-refractivity contribution in [3.05, 3.63) is 72.2 Å². The van der Waals surface area contributed by atoms with Crippen LogP contribution in [-0.2, 0) is 6.61 Å². The smallest absolute Gasteiger partial charge is 0.0797 e. The minimum atomic E-state index is -0.198. The second-order valence-corrected chi connectivity index (χ2v) is 7.84. The molecular formula is C18H9Cl6NO. The molecule has 0 atom stereocenters. The van der Waals surface area contributed by atoms with Gasteiger partial charge in [-0.3, -0.25) is 4.98 Å². The van der Waals surface area contributed by atoms with E-state index in [4.69, 9.17) is 69.6 Å². The lowest BCUT2D eigenvalue weighted by Crippen LogP contribution is -1.95. The van der Waals surface area contributed by atoms with E-state index >= 15 is 0 Å². The number of rotatable bonds is 3. The Labute approximate surface area is 180 Å². The van der Waals surface area contributed by atoms with Crippen LogP contribution in [0.2, 0.25) is 30.1 Å². The topological polar surface area (TPSA) is 33.1 Å². The Morgan fingerprint density at radius 3 is 1.81 bits per heavy atom. The molecule has 0 aliphatic carbocycles. The Bertz CT molecular complexity index is 1010. The fraction of sp³-hybridized carbons (Fsp3) is 0.0556. The van der Waals surface area contributed by atoms with Gasteiger partial charge >= 0.3 is 0 Å². The van der Waals surface area contributed by atoms with Crippen LogP contribution in [0.4, 0.5) is 0 Å². The zero-order valence-corrected chi connectivity index (χ0v) is 17.4. The molecule has 0 bridgehead atoms. The number of aliphatic hydroxyl groups excluding tert-OH is 1. The van der Waals surface area contributed by atoms with Crippen molar-refractivity contribution < 1.29 is 5.11 Å². The zero-order valence-electron chi connectivity index (χ0n) is 12.8. The molecule has 0 saturated carbocycles. The van der Waals surface area contributed by atoms with Crippen LogP contribution in [0.1, 0.15) is 5.56 Å².